The Balaban J connectivity index is 1.71. The lowest BCUT2D eigenvalue weighted by Crippen LogP contribution is -2.53. The van der Waals surface area contributed by atoms with Gasteiger partial charge in [-0.15, -0.1) is 0 Å². The summed E-state index contributed by atoms with van der Waals surface area (Å²) in [6.07, 6.45) is 4.11. The maximum absolute atomic E-state index is 14.2. The smallest absolute Gasteiger partial charge is 0.264 e. The summed E-state index contributed by atoms with van der Waals surface area (Å²) in [7, 11) is -1.44. The molecule has 1 aliphatic rings. The van der Waals surface area contributed by atoms with E-state index in [0.29, 0.717) is 17.7 Å². The molecule has 43 heavy (non-hydrogen) atoms. The van der Waals surface area contributed by atoms with Gasteiger partial charge in [0.25, 0.3) is 10.0 Å². The normalized spacial score (nSPS) is 14.1. The van der Waals surface area contributed by atoms with E-state index in [-0.39, 0.29) is 34.8 Å². The van der Waals surface area contributed by atoms with E-state index in [4.69, 9.17) is 9.47 Å². The van der Waals surface area contributed by atoms with Gasteiger partial charge in [-0.05, 0) is 61.2 Å². The van der Waals surface area contributed by atoms with Crippen LogP contribution in [-0.2, 0) is 26.2 Å². The van der Waals surface area contributed by atoms with E-state index < -0.39 is 34.3 Å². The highest BCUT2D eigenvalue weighted by Gasteiger charge is 2.35. The van der Waals surface area contributed by atoms with Gasteiger partial charge in [-0.1, -0.05) is 50.1 Å². The first-order chi connectivity index (χ1) is 20.7. The number of rotatable bonds is 13. The monoisotopic (exact) mass is 611 g/mol. The summed E-state index contributed by atoms with van der Waals surface area (Å²) < 4.78 is 53.5. The Morgan fingerprint density at radius 1 is 0.953 bits per heavy atom. The topological polar surface area (TPSA) is 105 Å². The molecule has 0 heterocycles. The summed E-state index contributed by atoms with van der Waals surface area (Å²) in [5, 5.41) is 3.07. The minimum atomic E-state index is -4.29. The highest BCUT2D eigenvalue weighted by atomic mass is 32.2. The molecular formula is C32H38FN3O6S. The third-order valence-corrected chi connectivity index (χ3v) is 9.39. The van der Waals surface area contributed by atoms with Gasteiger partial charge in [0.1, 0.15) is 18.4 Å². The van der Waals surface area contributed by atoms with Crippen molar-refractivity contribution in [2.75, 3.05) is 25.1 Å². The second kappa shape index (κ2) is 14.4. The average molecular weight is 612 g/mol. The molecule has 0 spiro atoms. The highest BCUT2D eigenvalue weighted by Crippen LogP contribution is 2.32. The van der Waals surface area contributed by atoms with Gasteiger partial charge in [-0.2, -0.15) is 0 Å². The number of para-hydroxylation sites is 1. The molecule has 0 radical (unpaired) electrons. The lowest BCUT2D eigenvalue weighted by atomic mass is 10.1. The average Bonchev–Trinajstić information content (AvgIpc) is 3.53. The lowest BCUT2D eigenvalue weighted by Gasteiger charge is -2.33. The molecule has 3 aromatic carbocycles. The molecule has 0 saturated heterocycles. The molecule has 1 aliphatic carbocycles. The minimum Gasteiger partial charge on any atom is -0.493 e. The second-order valence-electron chi connectivity index (χ2n) is 10.4. The van der Waals surface area contributed by atoms with E-state index >= 15 is 0 Å². The maximum atomic E-state index is 14.2. The number of ether oxygens (including phenoxy) is 2. The van der Waals surface area contributed by atoms with Gasteiger partial charge < -0.3 is 19.7 Å². The van der Waals surface area contributed by atoms with Gasteiger partial charge in [0.05, 0.1) is 24.8 Å². The van der Waals surface area contributed by atoms with Crippen LogP contribution < -0.4 is 19.1 Å². The van der Waals surface area contributed by atoms with Crippen molar-refractivity contribution in [3.8, 4) is 11.5 Å². The first-order valence-electron chi connectivity index (χ1n) is 14.3. The number of halogens is 1. The summed E-state index contributed by atoms with van der Waals surface area (Å²) in [6, 6.07) is 17.4. The number of nitrogens with one attached hydrogen (secondary N) is 1. The summed E-state index contributed by atoms with van der Waals surface area (Å²) in [5.41, 5.74) is 0.881. The number of amides is 2. The van der Waals surface area contributed by atoms with Crippen molar-refractivity contribution in [1.29, 1.82) is 0 Å². The fraction of sp³-hybridized carbons (Fsp3) is 0.375. The third-order valence-electron chi connectivity index (χ3n) is 7.62. The van der Waals surface area contributed by atoms with Crippen molar-refractivity contribution in [2.24, 2.45) is 0 Å². The van der Waals surface area contributed by atoms with Crippen LogP contribution in [0.1, 0.15) is 44.6 Å². The quantitative estimate of drug-likeness (QED) is 0.295. The van der Waals surface area contributed by atoms with Crippen molar-refractivity contribution < 1.29 is 31.9 Å². The SMILES string of the molecule is CC[C@@H](C(=O)NC1CCCC1)N(Cc1ccc(F)cc1)C(=O)CN(c1ccccc1)S(=O)(=O)c1ccc(OC)c(OC)c1. The lowest BCUT2D eigenvalue weighted by molar-refractivity contribution is -0.140. The van der Waals surface area contributed by atoms with Crippen LogP contribution in [0.2, 0.25) is 0 Å². The molecule has 1 fully saturated rings. The van der Waals surface area contributed by atoms with Gasteiger partial charge in [0.2, 0.25) is 11.8 Å². The van der Waals surface area contributed by atoms with Crippen molar-refractivity contribution >= 4 is 27.5 Å². The first-order valence-corrected chi connectivity index (χ1v) is 15.8. The van der Waals surface area contributed by atoms with Gasteiger partial charge >= 0.3 is 0 Å². The van der Waals surface area contributed by atoms with E-state index in [2.05, 4.69) is 5.32 Å². The van der Waals surface area contributed by atoms with Crippen molar-refractivity contribution in [2.45, 2.75) is 62.6 Å². The molecule has 4 rings (SSSR count). The van der Waals surface area contributed by atoms with Crippen LogP contribution in [0.4, 0.5) is 10.1 Å². The Labute approximate surface area is 252 Å². The second-order valence-corrected chi connectivity index (χ2v) is 12.3. The molecule has 11 heteroatoms. The molecular weight excluding hydrogens is 573 g/mol. The number of carbonyl (C=O) groups excluding carboxylic acids is 2. The van der Waals surface area contributed by atoms with Crippen molar-refractivity contribution in [1.82, 2.24) is 10.2 Å². The Kier molecular flexibility index (Phi) is 10.6. The molecule has 1 saturated carbocycles. The Hall–Kier alpha value is -4.12. The van der Waals surface area contributed by atoms with Gasteiger partial charge in [-0.3, -0.25) is 13.9 Å². The predicted octanol–water partition coefficient (Wildman–Crippen LogP) is 4.90. The summed E-state index contributed by atoms with van der Waals surface area (Å²) in [6.45, 7) is 1.23. The number of nitrogens with zero attached hydrogens (tertiary/aromatic N) is 2. The molecule has 1 N–H and O–H groups in total. The van der Waals surface area contributed by atoms with E-state index in [1.807, 2.05) is 0 Å². The molecule has 0 aliphatic heterocycles. The van der Waals surface area contributed by atoms with Crippen LogP contribution in [0.25, 0.3) is 0 Å². The van der Waals surface area contributed by atoms with Crippen LogP contribution >= 0.6 is 0 Å². The zero-order valence-electron chi connectivity index (χ0n) is 24.7. The number of methoxy groups -OCH3 is 2. The van der Waals surface area contributed by atoms with Crippen LogP contribution in [0.5, 0.6) is 11.5 Å². The number of hydrogen-bond donors (Lipinski definition) is 1. The molecule has 0 unspecified atom stereocenters. The van der Waals surface area contributed by atoms with E-state index in [1.165, 1.54) is 49.5 Å². The van der Waals surface area contributed by atoms with Crippen LogP contribution in [0, 0.1) is 5.82 Å². The zero-order chi connectivity index (χ0) is 31.0. The fourth-order valence-electron chi connectivity index (χ4n) is 5.30. The van der Waals surface area contributed by atoms with Gasteiger partial charge in [0.15, 0.2) is 11.5 Å². The van der Waals surface area contributed by atoms with E-state index in [0.717, 1.165) is 30.0 Å². The van der Waals surface area contributed by atoms with Crippen LogP contribution in [0.15, 0.2) is 77.7 Å². The maximum Gasteiger partial charge on any atom is 0.264 e. The van der Waals surface area contributed by atoms with E-state index in [1.54, 1.807) is 49.4 Å². The summed E-state index contributed by atoms with van der Waals surface area (Å²) in [5.74, 6) is -0.725. The van der Waals surface area contributed by atoms with Gasteiger partial charge in [-0.25, -0.2) is 12.8 Å². The predicted molar refractivity (Wildman–Crippen MR) is 162 cm³/mol. The van der Waals surface area contributed by atoms with Crippen LogP contribution in [-0.4, -0.2) is 58.0 Å². The molecule has 230 valence electrons. The number of sulfonamides is 1. The molecule has 9 nitrogen and oxygen atoms in total. The molecule has 0 bridgehead atoms. The minimum absolute atomic E-state index is 0.00522. The van der Waals surface area contributed by atoms with Crippen molar-refractivity contribution in [3.63, 3.8) is 0 Å². The van der Waals surface area contributed by atoms with Gasteiger partial charge in [0, 0.05) is 18.7 Å². The number of anilines is 1. The third kappa shape index (κ3) is 7.64. The molecule has 2 amide bonds. The van der Waals surface area contributed by atoms with E-state index in [9.17, 15) is 22.4 Å². The first kappa shape index (κ1) is 31.8. The largest absolute Gasteiger partial charge is 0.493 e. The molecule has 3 aromatic rings. The molecule has 1 atom stereocenters. The number of benzene rings is 3. The number of carbonyl (C=O) groups is 2. The Morgan fingerprint density at radius 2 is 1.60 bits per heavy atom. The van der Waals surface area contributed by atoms with Crippen LogP contribution in [0.3, 0.4) is 0 Å². The molecule has 0 aromatic heterocycles. The van der Waals surface area contributed by atoms with Crippen molar-refractivity contribution in [3.05, 3.63) is 84.2 Å². The number of hydrogen-bond acceptors (Lipinski definition) is 6. The zero-order valence-corrected chi connectivity index (χ0v) is 25.5. The Morgan fingerprint density at radius 3 is 2.21 bits per heavy atom. The fourth-order valence-corrected chi connectivity index (χ4v) is 6.73. The summed E-state index contributed by atoms with van der Waals surface area (Å²) in [4.78, 5) is 29.0. The summed E-state index contributed by atoms with van der Waals surface area (Å²) >= 11 is 0. The highest BCUT2D eigenvalue weighted by molar-refractivity contribution is 7.92. The standard InChI is InChI=1S/C32H38FN3O6S/c1-4-28(32(38)34-25-10-8-9-11-25)35(21-23-14-16-24(33)17-15-23)31(37)22-36(26-12-6-5-7-13-26)43(39,40)27-18-19-29(41-2)30(20-27)42-3/h5-7,12-20,25,28H,4,8-11,21-22H2,1-3H3,(H,34,38)/t28-/m0/s1. The Bertz CT molecular complexity index is 1500.